The van der Waals surface area contributed by atoms with E-state index in [9.17, 15) is 4.79 Å². The summed E-state index contributed by atoms with van der Waals surface area (Å²) in [6.45, 7) is 8.86. The molecule has 1 saturated heterocycles. The second kappa shape index (κ2) is 5.08. The number of hydrogen-bond acceptors (Lipinski definition) is 2. The van der Waals surface area contributed by atoms with Crippen LogP contribution < -0.4 is 5.73 Å². The summed E-state index contributed by atoms with van der Waals surface area (Å²) in [6.07, 6.45) is 7.58. The van der Waals surface area contributed by atoms with Gasteiger partial charge in [0.2, 0.25) is 5.91 Å². The standard InChI is InChI=1S/C16H30N2O/c1-15(2,16(3,4)17)14(19)18-11-7-9-12-8-5-6-10-13(12)18/h12-13H,5-11,17H2,1-4H3. The second-order valence-electron chi connectivity index (χ2n) is 7.60. The molecule has 0 bridgehead atoms. The zero-order chi connectivity index (χ0) is 14.3. The number of rotatable bonds is 2. The van der Waals surface area contributed by atoms with Gasteiger partial charge in [0.25, 0.3) is 0 Å². The van der Waals surface area contributed by atoms with Crippen LogP contribution in [0.15, 0.2) is 0 Å². The van der Waals surface area contributed by atoms with E-state index in [-0.39, 0.29) is 5.91 Å². The number of likely N-dealkylation sites (tertiary alicyclic amines) is 1. The van der Waals surface area contributed by atoms with Gasteiger partial charge in [-0.1, -0.05) is 12.8 Å². The third kappa shape index (κ3) is 2.67. The average Bonchev–Trinajstić information content (AvgIpc) is 2.36. The number of hydrogen-bond donors (Lipinski definition) is 1. The molecule has 0 radical (unpaired) electrons. The highest BCUT2D eigenvalue weighted by Crippen LogP contribution is 2.39. The van der Waals surface area contributed by atoms with Crippen molar-refractivity contribution in [2.75, 3.05) is 6.54 Å². The third-order valence-corrected chi connectivity index (χ3v) is 5.65. The van der Waals surface area contributed by atoms with Crippen molar-refractivity contribution in [3.05, 3.63) is 0 Å². The lowest BCUT2D eigenvalue weighted by Crippen LogP contribution is -2.60. The Morgan fingerprint density at radius 2 is 1.63 bits per heavy atom. The third-order valence-electron chi connectivity index (χ3n) is 5.65. The van der Waals surface area contributed by atoms with E-state index in [0.29, 0.717) is 6.04 Å². The average molecular weight is 266 g/mol. The van der Waals surface area contributed by atoms with E-state index in [4.69, 9.17) is 5.73 Å². The fourth-order valence-electron chi connectivity index (χ4n) is 3.51. The minimum atomic E-state index is -0.494. The largest absolute Gasteiger partial charge is 0.339 e. The maximum absolute atomic E-state index is 13.0. The zero-order valence-electron chi connectivity index (χ0n) is 13.0. The predicted molar refractivity (Wildman–Crippen MR) is 78.7 cm³/mol. The lowest BCUT2D eigenvalue weighted by Gasteiger charge is -2.49. The fraction of sp³-hybridized carbons (Fsp3) is 0.938. The topological polar surface area (TPSA) is 46.3 Å². The van der Waals surface area contributed by atoms with Crippen LogP contribution in [0.25, 0.3) is 0 Å². The molecule has 2 atom stereocenters. The minimum absolute atomic E-state index is 0.261. The zero-order valence-corrected chi connectivity index (χ0v) is 13.0. The van der Waals surface area contributed by atoms with E-state index >= 15 is 0 Å². The Kier molecular flexibility index (Phi) is 3.97. The molecule has 110 valence electrons. The first-order valence-electron chi connectivity index (χ1n) is 7.85. The smallest absolute Gasteiger partial charge is 0.230 e. The number of carbonyl (C=O) groups is 1. The maximum atomic E-state index is 13.0. The van der Waals surface area contributed by atoms with Gasteiger partial charge < -0.3 is 10.6 Å². The molecule has 1 amide bonds. The lowest BCUT2D eigenvalue weighted by atomic mass is 9.72. The molecular weight excluding hydrogens is 236 g/mol. The van der Waals surface area contributed by atoms with E-state index in [0.717, 1.165) is 18.9 Å². The molecule has 3 nitrogen and oxygen atoms in total. The first kappa shape index (κ1) is 14.8. The van der Waals surface area contributed by atoms with Crippen LogP contribution in [0.5, 0.6) is 0 Å². The monoisotopic (exact) mass is 266 g/mol. The van der Waals surface area contributed by atoms with E-state index < -0.39 is 11.0 Å². The van der Waals surface area contributed by atoms with Crippen molar-refractivity contribution in [2.24, 2.45) is 17.1 Å². The Balaban J connectivity index is 2.18. The molecule has 2 fully saturated rings. The second-order valence-corrected chi connectivity index (χ2v) is 7.60. The molecule has 1 aliphatic carbocycles. The molecule has 1 heterocycles. The van der Waals surface area contributed by atoms with E-state index in [2.05, 4.69) is 4.90 Å². The van der Waals surface area contributed by atoms with Crippen LogP contribution >= 0.6 is 0 Å². The highest BCUT2D eigenvalue weighted by atomic mass is 16.2. The van der Waals surface area contributed by atoms with Gasteiger partial charge in [-0.2, -0.15) is 0 Å². The number of piperidine rings is 1. The van der Waals surface area contributed by atoms with Gasteiger partial charge in [0, 0.05) is 18.1 Å². The molecule has 2 aliphatic rings. The van der Waals surface area contributed by atoms with Crippen LogP contribution in [0.3, 0.4) is 0 Å². The quantitative estimate of drug-likeness (QED) is 0.835. The highest BCUT2D eigenvalue weighted by molar-refractivity contribution is 5.83. The highest BCUT2D eigenvalue weighted by Gasteiger charge is 2.46. The van der Waals surface area contributed by atoms with Crippen LogP contribution in [0.4, 0.5) is 0 Å². The van der Waals surface area contributed by atoms with Gasteiger partial charge >= 0.3 is 0 Å². The molecule has 1 aliphatic heterocycles. The van der Waals surface area contributed by atoms with Crippen LogP contribution in [-0.2, 0) is 4.79 Å². The molecule has 0 aromatic rings. The van der Waals surface area contributed by atoms with Crippen LogP contribution in [0, 0.1) is 11.3 Å². The summed E-state index contributed by atoms with van der Waals surface area (Å²) in [5, 5.41) is 0. The van der Waals surface area contributed by atoms with Crippen molar-refractivity contribution in [1.82, 2.24) is 4.90 Å². The normalized spacial score (nSPS) is 29.0. The molecular formula is C16H30N2O. The first-order valence-corrected chi connectivity index (χ1v) is 7.85. The molecule has 19 heavy (non-hydrogen) atoms. The number of fused-ring (bicyclic) bond motifs is 1. The molecule has 0 aromatic heterocycles. The van der Waals surface area contributed by atoms with Crippen LogP contribution in [-0.4, -0.2) is 28.9 Å². The Hall–Kier alpha value is -0.570. The maximum Gasteiger partial charge on any atom is 0.230 e. The molecule has 0 spiro atoms. The van der Waals surface area contributed by atoms with Gasteiger partial charge in [0.1, 0.15) is 0 Å². The molecule has 2 unspecified atom stereocenters. The van der Waals surface area contributed by atoms with Gasteiger partial charge in [0.15, 0.2) is 0 Å². The predicted octanol–water partition coefficient (Wildman–Crippen LogP) is 2.93. The lowest BCUT2D eigenvalue weighted by molar-refractivity contribution is -0.150. The minimum Gasteiger partial charge on any atom is -0.339 e. The van der Waals surface area contributed by atoms with Gasteiger partial charge in [-0.05, 0) is 59.3 Å². The Morgan fingerprint density at radius 1 is 1.05 bits per heavy atom. The fourth-order valence-corrected chi connectivity index (χ4v) is 3.51. The summed E-state index contributed by atoms with van der Waals surface area (Å²) >= 11 is 0. The Labute approximate surface area is 117 Å². The van der Waals surface area contributed by atoms with E-state index in [1.807, 2.05) is 27.7 Å². The Morgan fingerprint density at radius 3 is 2.26 bits per heavy atom. The van der Waals surface area contributed by atoms with Crippen LogP contribution in [0.2, 0.25) is 0 Å². The molecule has 3 heteroatoms. The molecule has 2 N–H and O–H groups in total. The van der Waals surface area contributed by atoms with Gasteiger partial charge in [-0.25, -0.2) is 0 Å². The number of amides is 1. The molecule has 2 rings (SSSR count). The number of nitrogens with zero attached hydrogens (tertiary/aromatic N) is 1. The summed E-state index contributed by atoms with van der Waals surface area (Å²) in [5.74, 6) is 1.000. The Bertz CT molecular complexity index is 341. The van der Waals surface area contributed by atoms with Gasteiger partial charge in [-0.3, -0.25) is 4.79 Å². The van der Waals surface area contributed by atoms with Crippen molar-refractivity contribution in [3.8, 4) is 0 Å². The van der Waals surface area contributed by atoms with Crippen molar-refractivity contribution in [3.63, 3.8) is 0 Å². The summed E-state index contributed by atoms with van der Waals surface area (Å²) in [6, 6.07) is 0.483. The summed E-state index contributed by atoms with van der Waals surface area (Å²) < 4.78 is 0. The summed E-state index contributed by atoms with van der Waals surface area (Å²) in [4.78, 5) is 15.1. The summed E-state index contributed by atoms with van der Waals surface area (Å²) in [5.41, 5.74) is 5.27. The molecule has 1 saturated carbocycles. The van der Waals surface area contributed by atoms with E-state index in [1.165, 1.54) is 32.1 Å². The number of nitrogens with two attached hydrogens (primary N) is 1. The first-order chi connectivity index (χ1) is 8.75. The van der Waals surface area contributed by atoms with E-state index in [1.54, 1.807) is 0 Å². The van der Waals surface area contributed by atoms with Gasteiger partial charge in [-0.15, -0.1) is 0 Å². The summed E-state index contributed by atoms with van der Waals surface area (Å²) in [7, 11) is 0. The van der Waals surface area contributed by atoms with Crippen LogP contribution in [0.1, 0.15) is 66.2 Å². The van der Waals surface area contributed by atoms with Crippen molar-refractivity contribution in [1.29, 1.82) is 0 Å². The van der Waals surface area contributed by atoms with Crippen molar-refractivity contribution in [2.45, 2.75) is 77.8 Å². The van der Waals surface area contributed by atoms with Crippen molar-refractivity contribution >= 4 is 5.91 Å². The SMILES string of the molecule is CC(C)(N)C(C)(C)C(=O)N1CCCC2CCCCC21. The van der Waals surface area contributed by atoms with Crippen molar-refractivity contribution < 1.29 is 4.79 Å². The van der Waals surface area contributed by atoms with Gasteiger partial charge in [0.05, 0.1) is 5.41 Å². The molecule has 0 aromatic carbocycles. The number of carbonyl (C=O) groups excluding carboxylic acids is 1.